The summed E-state index contributed by atoms with van der Waals surface area (Å²) < 4.78 is 11.3. The molecule has 7 heteroatoms. The molecule has 0 radical (unpaired) electrons. The van der Waals surface area contributed by atoms with Crippen LogP contribution in [0.2, 0.25) is 0 Å². The van der Waals surface area contributed by atoms with Crippen molar-refractivity contribution < 1.29 is 19.1 Å². The van der Waals surface area contributed by atoms with Crippen LogP contribution in [-0.4, -0.2) is 34.5 Å². The number of ether oxygens (including phenoxy) is 2. The zero-order valence-electron chi connectivity index (χ0n) is 17.6. The van der Waals surface area contributed by atoms with Gasteiger partial charge in [0.25, 0.3) is 0 Å². The van der Waals surface area contributed by atoms with Gasteiger partial charge in [0.05, 0.1) is 0 Å². The molecule has 2 aromatic carbocycles. The molecule has 0 unspecified atom stereocenters. The molecule has 7 nitrogen and oxygen atoms in total. The highest BCUT2D eigenvalue weighted by atomic mass is 16.6. The molecular formula is C25H25N3O4. The quantitative estimate of drug-likeness (QED) is 0.600. The van der Waals surface area contributed by atoms with Gasteiger partial charge in [-0.1, -0.05) is 60.7 Å². The first-order valence-corrected chi connectivity index (χ1v) is 10.6. The van der Waals surface area contributed by atoms with Gasteiger partial charge in [-0.15, -0.1) is 0 Å². The summed E-state index contributed by atoms with van der Waals surface area (Å²) in [6.45, 7) is 1.00. The van der Waals surface area contributed by atoms with E-state index in [0.29, 0.717) is 31.1 Å². The maximum absolute atomic E-state index is 13.0. The lowest BCUT2D eigenvalue weighted by molar-refractivity contribution is -0.120. The molecule has 0 aliphatic carbocycles. The molecule has 1 N–H and O–H groups in total. The van der Waals surface area contributed by atoms with E-state index in [1.54, 1.807) is 18.3 Å². The van der Waals surface area contributed by atoms with Crippen LogP contribution in [-0.2, 0) is 22.7 Å². The number of pyridine rings is 1. The van der Waals surface area contributed by atoms with Crippen LogP contribution in [0.4, 0.5) is 10.6 Å². The number of aromatic nitrogens is 1. The number of anilines is 1. The second-order valence-electron chi connectivity index (χ2n) is 7.51. The highest BCUT2D eigenvalue weighted by molar-refractivity contribution is 5.97. The van der Waals surface area contributed by atoms with Crippen LogP contribution in [0.3, 0.4) is 0 Å². The molecule has 164 valence electrons. The van der Waals surface area contributed by atoms with Gasteiger partial charge in [-0.3, -0.25) is 9.69 Å². The Morgan fingerprint density at radius 2 is 1.62 bits per heavy atom. The normalized spacial score (nSPS) is 15.2. The van der Waals surface area contributed by atoms with E-state index in [-0.39, 0.29) is 12.5 Å². The van der Waals surface area contributed by atoms with Gasteiger partial charge in [-0.05, 0) is 36.1 Å². The predicted octanol–water partition coefficient (Wildman–Crippen LogP) is 4.40. The van der Waals surface area contributed by atoms with Crippen molar-refractivity contribution in [1.29, 1.82) is 0 Å². The van der Waals surface area contributed by atoms with E-state index in [9.17, 15) is 9.59 Å². The molecule has 4 rings (SSSR count). The van der Waals surface area contributed by atoms with Gasteiger partial charge in [0.1, 0.15) is 19.3 Å². The molecule has 0 bridgehead atoms. The smallest absolute Gasteiger partial charge is 0.410 e. The van der Waals surface area contributed by atoms with Crippen LogP contribution in [0, 0.1) is 0 Å². The van der Waals surface area contributed by atoms with Crippen LogP contribution < -0.4 is 10.1 Å². The van der Waals surface area contributed by atoms with E-state index < -0.39 is 12.1 Å². The number of likely N-dealkylation sites (tertiary alicyclic amines) is 1. The Morgan fingerprint density at radius 3 is 2.34 bits per heavy atom. The third-order valence-electron chi connectivity index (χ3n) is 5.24. The van der Waals surface area contributed by atoms with Crippen molar-refractivity contribution in [1.82, 2.24) is 9.88 Å². The highest BCUT2D eigenvalue weighted by Gasteiger charge is 2.35. The largest absolute Gasteiger partial charge is 0.485 e. The molecule has 1 aromatic heterocycles. The molecule has 1 atom stereocenters. The van der Waals surface area contributed by atoms with Crippen molar-refractivity contribution in [2.45, 2.75) is 32.1 Å². The highest BCUT2D eigenvalue weighted by Crippen LogP contribution is 2.25. The maximum Gasteiger partial charge on any atom is 0.410 e. The molecule has 0 saturated carbocycles. The number of rotatable bonds is 7. The van der Waals surface area contributed by atoms with Gasteiger partial charge in [-0.2, -0.15) is 0 Å². The Balaban J connectivity index is 1.37. The first-order chi connectivity index (χ1) is 15.7. The van der Waals surface area contributed by atoms with Crippen molar-refractivity contribution in [2.75, 3.05) is 11.9 Å². The van der Waals surface area contributed by atoms with Gasteiger partial charge in [0, 0.05) is 12.7 Å². The van der Waals surface area contributed by atoms with Gasteiger partial charge >= 0.3 is 6.09 Å². The first kappa shape index (κ1) is 21.4. The topological polar surface area (TPSA) is 80.8 Å². The summed E-state index contributed by atoms with van der Waals surface area (Å²) in [5.41, 5.74) is 1.91. The predicted molar refractivity (Wildman–Crippen MR) is 120 cm³/mol. The van der Waals surface area contributed by atoms with E-state index >= 15 is 0 Å². The molecule has 0 spiro atoms. The number of carbonyl (C=O) groups is 2. The minimum atomic E-state index is -0.609. The average molecular weight is 431 g/mol. The molecule has 2 amide bonds. The zero-order valence-corrected chi connectivity index (χ0v) is 17.6. The van der Waals surface area contributed by atoms with E-state index in [0.717, 1.165) is 17.5 Å². The SMILES string of the molecule is O=C(Nc1ncccc1OCc1ccccc1)[C@@H]1CCCN1C(=O)OCc1ccccc1. The van der Waals surface area contributed by atoms with Gasteiger partial charge in [-0.25, -0.2) is 9.78 Å². The number of hydrogen-bond donors (Lipinski definition) is 1. The Labute approximate surface area is 187 Å². The van der Waals surface area contributed by atoms with Crippen molar-refractivity contribution in [3.8, 4) is 5.75 Å². The van der Waals surface area contributed by atoms with Gasteiger partial charge < -0.3 is 14.8 Å². The summed E-state index contributed by atoms with van der Waals surface area (Å²) in [7, 11) is 0. The molecule has 2 heterocycles. The molecule has 3 aromatic rings. The number of benzene rings is 2. The Morgan fingerprint density at radius 1 is 0.938 bits per heavy atom. The van der Waals surface area contributed by atoms with E-state index in [2.05, 4.69) is 10.3 Å². The summed E-state index contributed by atoms with van der Waals surface area (Å²) in [6.07, 6.45) is 2.40. The zero-order chi connectivity index (χ0) is 22.2. The fourth-order valence-electron chi connectivity index (χ4n) is 3.60. The van der Waals surface area contributed by atoms with Crippen molar-refractivity contribution in [3.05, 3.63) is 90.1 Å². The summed E-state index contributed by atoms with van der Waals surface area (Å²) >= 11 is 0. The van der Waals surface area contributed by atoms with Gasteiger partial charge in [0.2, 0.25) is 5.91 Å². The third kappa shape index (κ3) is 5.43. The summed E-state index contributed by atoms with van der Waals surface area (Å²) in [5, 5.41) is 2.82. The number of carbonyl (C=O) groups excluding carboxylic acids is 2. The molecular weight excluding hydrogens is 406 g/mol. The van der Waals surface area contributed by atoms with Gasteiger partial charge in [0.15, 0.2) is 11.6 Å². The van der Waals surface area contributed by atoms with Crippen LogP contribution >= 0.6 is 0 Å². The minimum absolute atomic E-state index is 0.169. The summed E-state index contributed by atoms with van der Waals surface area (Å²) in [4.78, 5) is 31.3. The van der Waals surface area contributed by atoms with Crippen molar-refractivity contribution >= 4 is 17.8 Å². The molecule has 1 aliphatic heterocycles. The Bertz CT molecular complexity index is 1040. The van der Waals surface area contributed by atoms with Crippen LogP contribution in [0.25, 0.3) is 0 Å². The number of nitrogens with zero attached hydrogens (tertiary/aromatic N) is 2. The number of hydrogen-bond acceptors (Lipinski definition) is 5. The van der Waals surface area contributed by atoms with Crippen molar-refractivity contribution in [2.24, 2.45) is 0 Å². The number of nitrogens with one attached hydrogen (secondary N) is 1. The summed E-state index contributed by atoms with van der Waals surface area (Å²) in [5.74, 6) is 0.501. The molecule has 1 fully saturated rings. The summed E-state index contributed by atoms with van der Waals surface area (Å²) in [6, 6.07) is 22.1. The van der Waals surface area contributed by atoms with E-state index in [4.69, 9.17) is 9.47 Å². The van der Waals surface area contributed by atoms with Crippen molar-refractivity contribution in [3.63, 3.8) is 0 Å². The minimum Gasteiger partial charge on any atom is -0.485 e. The van der Waals surface area contributed by atoms with Crippen LogP contribution in [0.1, 0.15) is 24.0 Å². The monoisotopic (exact) mass is 431 g/mol. The lowest BCUT2D eigenvalue weighted by atomic mass is 10.2. The molecule has 1 aliphatic rings. The third-order valence-corrected chi connectivity index (χ3v) is 5.24. The molecule has 32 heavy (non-hydrogen) atoms. The maximum atomic E-state index is 13.0. The Hall–Kier alpha value is -3.87. The fraction of sp³-hybridized carbons (Fsp3) is 0.240. The van der Waals surface area contributed by atoms with Crippen LogP contribution in [0.5, 0.6) is 5.75 Å². The fourth-order valence-corrected chi connectivity index (χ4v) is 3.60. The molecule has 1 saturated heterocycles. The Kier molecular flexibility index (Phi) is 6.97. The average Bonchev–Trinajstić information content (AvgIpc) is 3.34. The second-order valence-corrected chi connectivity index (χ2v) is 7.51. The number of amides is 2. The lowest BCUT2D eigenvalue weighted by Crippen LogP contribution is -2.43. The standard InChI is InChI=1S/C25H25N3O4/c29-24(21-13-8-16-28(21)25(30)32-18-20-11-5-2-6-12-20)27-23-22(14-7-15-26-23)31-17-19-9-3-1-4-10-19/h1-7,9-12,14-15,21H,8,13,16-18H2,(H,26,27,29)/t21-/m0/s1. The van der Waals surface area contributed by atoms with E-state index in [1.807, 2.05) is 60.7 Å². The first-order valence-electron chi connectivity index (χ1n) is 10.6. The van der Waals surface area contributed by atoms with Crippen LogP contribution in [0.15, 0.2) is 79.0 Å². The van der Waals surface area contributed by atoms with E-state index in [1.165, 1.54) is 4.90 Å². The lowest BCUT2D eigenvalue weighted by Gasteiger charge is -2.23. The second kappa shape index (κ2) is 10.4.